The molecular weight excluding hydrogens is 329 g/mol. The number of rotatable bonds is 3. The van der Waals surface area contributed by atoms with Gasteiger partial charge in [-0.3, -0.25) is 0 Å². The molecule has 0 fully saturated rings. The Morgan fingerprint density at radius 2 is 2.09 bits per heavy atom. The number of hydrogen-bond donors (Lipinski definition) is 2. The zero-order chi connectivity index (χ0) is 17.2. The van der Waals surface area contributed by atoms with Crippen LogP contribution in [0.15, 0.2) is 35.5 Å². The van der Waals surface area contributed by atoms with Gasteiger partial charge in [-0.25, -0.2) is 4.79 Å². The zero-order valence-corrected chi connectivity index (χ0v) is 13.3. The molecule has 124 valence electrons. The maximum atomic E-state index is 12.9. The van der Waals surface area contributed by atoms with Gasteiger partial charge in [0.1, 0.15) is 0 Å². The zero-order valence-electron chi connectivity index (χ0n) is 12.5. The third kappa shape index (κ3) is 3.64. The summed E-state index contributed by atoms with van der Waals surface area (Å²) in [6.07, 6.45) is -4.01. The van der Waals surface area contributed by atoms with Gasteiger partial charge in [0.05, 0.1) is 24.3 Å². The van der Waals surface area contributed by atoms with Gasteiger partial charge in [-0.1, -0.05) is 19.1 Å². The van der Waals surface area contributed by atoms with Gasteiger partial charge in [-0.15, -0.1) is 0 Å². The minimum absolute atomic E-state index is 0.225. The highest BCUT2D eigenvalue weighted by Crippen LogP contribution is 2.34. The molecule has 0 radical (unpaired) electrons. The fraction of sp³-hybridized carbons (Fsp3) is 0.333. The van der Waals surface area contributed by atoms with E-state index in [0.29, 0.717) is 12.1 Å². The molecule has 1 heterocycles. The van der Waals surface area contributed by atoms with Crippen molar-refractivity contribution in [1.29, 1.82) is 0 Å². The normalized spacial score (nSPS) is 18.3. The first-order valence-corrected chi connectivity index (χ1v) is 7.24. The van der Waals surface area contributed by atoms with E-state index >= 15 is 0 Å². The van der Waals surface area contributed by atoms with Crippen LogP contribution < -0.4 is 10.6 Å². The number of allylic oxidation sites excluding steroid dienone is 1. The quantitative estimate of drug-likeness (QED) is 0.652. The number of nitrogens with one attached hydrogen (secondary N) is 2. The minimum Gasteiger partial charge on any atom is -0.466 e. The second kappa shape index (κ2) is 6.57. The van der Waals surface area contributed by atoms with Crippen LogP contribution in [-0.2, 0) is 15.7 Å². The SMILES string of the molecule is CCC1=C(C(=O)OC)[C@H](c2cccc(C(F)(F)F)c2)NC(=S)N1. The van der Waals surface area contributed by atoms with E-state index in [2.05, 4.69) is 10.6 Å². The van der Waals surface area contributed by atoms with Crippen LogP contribution in [0.3, 0.4) is 0 Å². The van der Waals surface area contributed by atoms with Crippen LogP contribution in [0.2, 0.25) is 0 Å². The molecule has 1 aromatic carbocycles. The minimum atomic E-state index is -4.47. The number of benzene rings is 1. The molecule has 0 spiro atoms. The fourth-order valence-electron chi connectivity index (χ4n) is 2.39. The maximum Gasteiger partial charge on any atom is 0.416 e. The molecule has 0 aliphatic carbocycles. The summed E-state index contributed by atoms with van der Waals surface area (Å²) in [6.45, 7) is 1.81. The Bertz CT molecular complexity index is 671. The van der Waals surface area contributed by atoms with Gasteiger partial charge < -0.3 is 15.4 Å². The van der Waals surface area contributed by atoms with Crippen LogP contribution in [-0.4, -0.2) is 18.2 Å². The summed E-state index contributed by atoms with van der Waals surface area (Å²) in [5.41, 5.74) is 0.254. The standard InChI is InChI=1S/C15H15F3N2O2S/c1-3-10-11(13(21)22-2)12(20-14(23)19-10)8-5-4-6-9(7-8)15(16,17)18/h4-7,12H,3H2,1-2H3,(H2,19,20,23)/t12-/m0/s1. The molecule has 0 aromatic heterocycles. The largest absolute Gasteiger partial charge is 0.466 e. The predicted molar refractivity (Wildman–Crippen MR) is 82.4 cm³/mol. The summed E-state index contributed by atoms with van der Waals surface area (Å²) < 4.78 is 43.5. The van der Waals surface area contributed by atoms with Gasteiger partial charge >= 0.3 is 12.1 Å². The summed E-state index contributed by atoms with van der Waals surface area (Å²) in [4.78, 5) is 12.1. The molecule has 1 atom stereocenters. The number of hydrogen-bond acceptors (Lipinski definition) is 3. The Balaban J connectivity index is 2.55. The smallest absolute Gasteiger partial charge is 0.416 e. The average Bonchev–Trinajstić information content (AvgIpc) is 2.52. The van der Waals surface area contributed by atoms with E-state index in [1.165, 1.54) is 19.2 Å². The van der Waals surface area contributed by atoms with E-state index in [9.17, 15) is 18.0 Å². The topological polar surface area (TPSA) is 50.4 Å². The van der Waals surface area contributed by atoms with Crippen LogP contribution in [0, 0.1) is 0 Å². The summed E-state index contributed by atoms with van der Waals surface area (Å²) in [5.74, 6) is -0.619. The molecule has 2 N–H and O–H groups in total. The van der Waals surface area contributed by atoms with Crippen LogP contribution in [0.5, 0.6) is 0 Å². The first-order valence-electron chi connectivity index (χ1n) is 6.84. The molecular formula is C15H15F3N2O2S. The highest BCUT2D eigenvalue weighted by Gasteiger charge is 2.34. The summed E-state index contributed by atoms with van der Waals surface area (Å²) in [7, 11) is 1.22. The Labute approximate surface area is 136 Å². The van der Waals surface area contributed by atoms with E-state index in [1.807, 2.05) is 6.92 Å². The number of carbonyl (C=O) groups is 1. The third-order valence-corrected chi connectivity index (χ3v) is 3.68. The molecule has 1 aliphatic heterocycles. The van der Waals surface area contributed by atoms with Crippen molar-refractivity contribution in [1.82, 2.24) is 10.6 Å². The second-order valence-electron chi connectivity index (χ2n) is 4.89. The van der Waals surface area contributed by atoms with E-state index < -0.39 is 23.8 Å². The lowest BCUT2D eigenvalue weighted by Crippen LogP contribution is -2.45. The first-order chi connectivity index (χ1) is 10.8. The number of methoxy groups -OCH3 is 1. The molecule has 0 saturated carbocycles. The molecule has 2 rings (SSSR count). The maximum absolute atomic E-state index is 12.9. The van der Waals surface area contributed by atoms with Crippen molar-refractivity contribution < 1.29 is 22.7 Å². The van der Waals surface area contributed by atoms with E-state index in [1.54, 1.807) is 0 Å². The molecule has 1 aliphatic rings. The Hall–Kier alpha value is -2.09. The summed E-state index contributed by atoms with van der Waals surface area (Å²) >= 11 is 5.08. The van der Waals surface area contributed by atoms with Crippen LogP contribution in [0.1, 0.15) is 30.5 Å². The van der Waals surface area contributed by atoms with Gasteiger partial charge in [0, 0.05) is 5.70 Å². The van der Waals surface area contributed by atoms with Gasteiger partial charge in [-0.2, -0.15) is 13.2 Å². The Morgan fingerprint density at radius 1 is 1.39 bits per heavy atom. The highest BCUT2D eigenvalue weighted by molar-refractivity contribution is 7.80. The van der Waals surface area contributed by atoms with Crippen molar-refractivity contribution in [3.63, 3.8) is 0 Å². The number of thiocarbonyl (C=S) groups is 1. The lowest BCUT2D eigenvalue weighted by molar-refractivity contribution is -0.137. The van der Waals surface area contributed by atoms with Gasteiger partial charge in [0.25, 0.3) is 0 Å². The van der Waals surface area contributed by atoms with Crippen LogP contribution >= 0.6 is 12.2 Å². The van der Waals surface area contributed by atoms with Crippen molar-refractivity contribution in [2.45, 2.75) is 25.6 Å². The van der Waals surface area contributed by atoms with E-state index in [0.717, 1.165) is 12.1 Å². The molecule has 23 heavy (non-hydrogen) atoms. The number of halogens is 3. The van der Waals surface area contributed by atoms with E-state index in [-0.39, 0.29) is 16.2 Å². The fourth-order valence-corrected chi connectivity index (χ4v) is 2.63. The molecule has 1 aromatic rings. The second-order valence-corrected chi connectivity index (χ2v) is 5.30. The van der Waals surface area contributed by atoms with E-state index in [4.69, 9.17) is 17.0 Å². The van der Waals surface area contributed by atoms with Crippen LogP contribution in [0.25, 0.3) is 0 Å². The molecule has 0 unspecified atom stereocenters. The van der Waals surface area contributed by atoms with Gasteiger partial charge in [0.2, 0.25) is 0 Å². The first kappa shape index (κ1) is 17.3. The number of ether oxygens (including phenoxy) is 1. The summed E-state index contributed by atoms with van der Waals surface area (Å²) in [5, 5.41) is 5.94. The Kier molecular flexibility index (Phi) is 4.93. The van der Waals surface area contributed by atoms with Crippen LogP contribution in [0.4, 0.5) is 13.2 Å². The number of esters is 1. The van der Waals surface area contributed by atoms with Crippen molar-refractivity contribution in [2.75, 3.05) is 7.11 Å². The predicted octanol–water partition coefficient (Wildman–Crippen LogP) is 3.06. The van der Waals surface area contributed by atoms with Crippen molar-refractivity contribution in [3.05, 3.63) is 46.7 Å². The molecule has 0 saturated heterocycles. The lowest BCUT2D eigenvalue weighted by atomic mass is 9.93. The summed E-state index contributed by atoms with van der Waals surface area (Å²) in [6, 6.07) is 3.99. The lowest BCUT2D eigenvalue weighted by Gasteiger charge is -2.30. The Morgan fingerprint density at radius 3 is 2.65 bits per heavy atom. The highest BCUT2D eigenvalue weighted by atomic mass is 32.1. The molecule has 4 nitrogen and oxygen atoms in total. The monoisotopic (exact) mass is 344 g/mol. The molecule has 8 heteroatoms. The van der Waals surface area contributed by atoms with Crippen molar-refractivity contribution >= 4 is 23.3 Å². The molecule has 0 bridgehead atoms. The number of alkyl halides is 3. The molecule has 0 amide bonds. The van der Waals surface area contributed by atoms with Gasteiger partial charge in [-0.05, 0) is 36.3 Å². The average molecular weight is 344 g/mol. The third-order valence-electron chi connectivity index (χ3n) is 3.46. The number of carbonyl (C=O) groups excluding carboxylic acids is 1. The van der Waals surface area contributed by atoms with Gasteiger partial charge in [0.15, 0.2) is 5.11 Å². The van der Waals surface area contributed by atoms with Crippen molar-refractivity contribution in [2.24, 2.45) is 0 Å². The van der Waals surface area contributed by atoms with Crippen molar-refractivity contribution in [3.8, 4) is 0 Å².